The number of anilines is 2. The van der Waals surface area contributed by atoms with E-state index < -0.39 is 11.2 Å². The molecule has 4 rings (SSSR count). The van der Waals surface area contributed by atoms with Gasteiger partial charge in [0.1, 0.15) is 11.2 Å². The number of benzene rings is 2. The van der Waals surface area contributed by atoms with E-state index in [1.807, 2.05) is 78.8 Å². The van der Waals surface area contributed by atoms with Crippen LogP contribution in [-0.2, 0) is 9.47 Å². The molecule has 1 fully saturated rings. The van der Waals surface area contributed by atoms with Crippen LogP contribution in [0.4, 0.5) is 21.0 Å². The van der Waals surface area contributed by atoms with Gasteiger partial charge in [0, 0.05) is 50.6 Å². The van der Waals surface area contributed by atoms with Gasteiger partial charge in [-0.1, -0.05) is 23.7 Å². The van der Waals surface area contributed by atoms with Crippen LogP contribution < -0.4 is 10.2 Å². The number of aryl methyl sites for hydroxylation is 1. The van der Waals surface area contributed by atoms with Crippen molar-refractivity contribution >= 4 is 46.6 Å². The van der Waals surface area contributed by atoms with E-state index in [-0.39, 0.29) is 18.1 Å². The van der Waals surface area contributed by atoms with Crippen LogP contribution in [0.3, 0.4) is 0 Å². The van der Waals surface area contributed by atoms with Gasteiger partial charge in [-0.25, -0.2) is 9.59 Å². The van der Waals surface area contributed by atoms with Crippen molar-refractivity contribution < 1.29 is 23.9 Å². The van der Waals surface area contributed by atoms with Gasteiger partial charge in [0.2, 0.25) is 0 Å². The van der Waals surface area contributed by atoms with Gasteiger partial charge in [-0.15, -0.1) is 0 Å². The minimum atomic E-state index is -0.536. The monoisotopic (exact) mass is 610 g/mol. The molecule has 2 heterocycles. The summed E-state index contributed by atoms with van der Waals surface area (Å²) < 4.78 is 11.0. The predicted molar refractivity (Wildman–Crippen MR) is 171 cm³/mol. The molecule has 0 aromatic heterocycles. The van der Waals surface area contributed by atoms with E-state index in [0.717, 1.165) is 22.4 Å². The first-order chi connectivity index (χ1) is 20.1. The van der Waals surface area contributed by atoms with Gasteiger partial charge in [-0.2, -0.15) is 0 Å². The summed E-state index contributed by atoms with van der Waals surface area (Å²) >= 11 is 6.57. The summed E-state index contributed by atoms with van der Waals surface area (Å²) in [6, 6.07) is 11.2. The molecule has 0 radical (unpaired) electrons. The number of halogens is 1. The number of nitrogens with one attached hydrogen (secondary N) is 1. The zero-order valence-corrected chi connectivity index (χ0v) is 27.0. The Labute approximate surface area is 259 Å². The van der Waals surface area contributed by atoms with E-state index in [4.69, 9.17) is 21.1 Å². The summed E-state index contributed by atoms with van der Waals surface area (Å²) in [5.41, 5.74) is 4.10. The molecule has 10 heteroatoms. The van der Waals surface area contributed by atoms with Crippen LogP contribution in [-0.4, -0.2) is 78.4 Å². The Morgan fingerprint density at radius 3 is 1.98 bits per heavy atom. The molecular formula is C33H43ClN4O5. The third kappa shape index (κ3) is 8.66. The summed E-state index contributed by atoms with van der Waals surface area (Å²) in [4.78, 5) is 43.5. The first-order valence-electron chi connectivity index (χ1n) is 14.7. The average Bonchev–Trinajstić information content (AvgIpc) is 2.91. The molecular weight excluding hydrogens is 568 g/mol. The second-order valence-electron chi connectivity index (χ2n) is 13.0. The Morgan fingerprint density at radius 1 is 0.814 bits per heavy atom. The first-order valence-corrected chi connectivity index (χ1v) is 15.1. The molecule has 1 saturated heterocycles. The summed E-state index contributed by atoms with van der Waals surface area (Å²) in [5.74, 6) is -0.289. The summed E-state index contributed by atoms with van der Waals surface area (Å²) in [6.45, 7) is 16.7. The maximum Gasteiger partial charge on any atom is 0.410 e. The fourth-order valence-electron chi connectivity index (χ4n) is 5.07. The predicted octanol–water partition coefficient (Wildman–Crippen LogP) is 6.98. The van der Waals surface area contributed by atoms with E-state index in [0.29, 0.717) is 62.0 Å². The van der Waals surface area contributed by atoms with Crippen molar-refractivity contribution in [2.75, 3.05) is 49.5 Å². The van der Waals surface area contributed by atoms with E-state index in [9.17, 15) is 14.4 Å². The van der Waals surface area contributed by atoms with Gasteiger partial charge >= 0.3 is 12.2 Å². The molecule has 2 aromatic carbocycles. The lowest BCUT2D eigenvalue weighted by Gasteiger charge is -2.37. The molecule has 0 unspecified atom stereocenters. The number of ether oxygens (including phenoxy) is 2. The summed E-state index contributed by atoms with van der Waals surface area (Å²) in [5, 5.41) is 3.33. The van der Waals surface area contributed by atoms with Crippen LogP contribution in [0.2, 0.25) is 5.02 Å². The minimum absolute atomic E-state index is 0.283. The maximum atomic E-state index is 13.1. The van der Waals surface area contributed by atoms with Crippen molar-refractivity contribution in [2.24, 2.45) is 0 Å². The third-order valence-corrected chi connectivity index (χ3v) is 7.48. The highest BCUT2D eigenvalue weighted by atomic mass is 35.5. The van der Waals surface area contributed by atoms with Gasteiger partial charge in [0.15, 0.2) is 0 Å². The molecule has 2 aliphatic rings. The molecule has 0 atom stereocenters. The molecule has 43 heavy (non-hydrogen) atoms. The maximum absolute atomic E-state index is 13.1. The SMILES string of the molecule is Cc1cc(NC(=O)c2ccc(C3=CCN(C(=O)OC(C)(C)C)CC3)cc2Cl)ccc1N1CCN(C(=O)OC(C)(C)C)CC1. The first kappa shape index (κ1) is 32.2. The smallest absolute Gasteiger partial charge is 0.410 e. The van der Waals surface area contributed by atoms with Crippen LogP contribution in [0, 0.1) is 6.92 Å². The lowest BCUT2D eigenvalue weighted by molar-refractivity contribution is 0.0237. The van der Waals surface area contributed by atoms with Crippen LogP contribution in [0.5, 0.6) is 0 Å². The highest BCUT2D eigenvalue weighted by Gasteiger charge is 2.27. The van der Waals surface area contributed by atoms with Crippen LogP contribution >= 0.6 is 11.6 Å². The quantitative estimate of drug-likeness (QED) is 0.401. The van der Waals surface area contributed by atoms with Crippen LogP contribution in [0.1, 0.15) is 69.4 Å². The number of carbonyl (C=O) groups is 3. The topological polar surface area (TPSA) is 91.4 Å². The second-order valence-corrected chi connectivity index (χ2v) is 13.4. The van der Waals surface area contributed by atoms with Crippen LogP contribution in [0.25, 0.3) is 5.57 Å². The Balaban J connectivity index is 1.34. The Morgan fingerprint density at radius 2 is 1.44 bits per heavy atom. The lowest BCUT2D eigenvalue weighted by Crippen LogP contribution is -2.50. The fourth-order valence-corrected chi connectivity index (χ4v) is 5.33. The number of hydrogen-bond acceptors (Lipinski definition) is 6. The van der Waals surface area contributed by atoms with Crippen molar-refractivity contribution in [1.29, 1.82) is 0 Å². The van der Waals surface area contributed by atoms with Crippen molar-refractivity contribution in [3.8, 4) is 0 Å². The number of piperazine rings is 1. The summed E-state index contributed by atoms with van der Waals surface area (Å²) in [6.07, 6.45) is 2.06. The lowest BCUT2D eigenvalue weighted by atomic mass is 9.98. The number of rotatable bonds is 4. The van der Waals surface area contributed by atoms with Gasteiger partial charge in [-0.3, -0.25) is 4.79 Å². The van der Waals surface area contributed by atoms with Gasteiger partial charge in [-0.05, 0) is 102 Å². The largest absolute Gasteiger partial charge is 0.444 e. The minimum Gasteiger partial charge on any atom is -0.444 e. The Hall–Kier alpha value is -3.72. The molecule has 0 bridgehead atoms. The average molecular weight is 611 g/mol. The molecule has 0 aliphatic carbocycles. The van der Waals surface area contributed by atoms with Crippen molar-refractivity contribution in [3.05, 3.63) is 64.2 Å². The van der Waals surface area contributed by atoms with Gasteiger partial charge < -0.3 is 29.5 Å². The normalized spacial score (nSPS) is 16.0. The number of hydrogen-bond donors (Lipinski definition) is 1. The van der Waals surface area contributed by atoms with Crippen molar-refractivity contribution in [1.82, 2.24) is 9.80 Å². The summed E-state index contributed by atoms with van der Waals surface area (Å²) in [7, 11) is 0. The highest BCUT2D eigenvalue weighted by molar-refractivity contribution is 6.34. The van der Waals surface area contributed by atoms with Crippen molar-refractivity contribution in [3.63, 3.8) is 0 Å². The molecule has 9 nitrogen and oxygen atoms in total. The van der Waals surface area contributed by atoms with Crippen LogP contribution in [0.15, 0.2) is 42.5 Å². The molecule has 2 aromatic rings. The van der Waals surface area contributed by atoms with E-state index in [2.05, 4.69) is 10.2 Å². The molecule has 0 saturated carbocycles. The molecule has 1 N–H and O–H groups in total. The molecule has 3 amide bonds. The van der Waals surface area contributed by atoms with E-state index in [1.165, 1.54) is 0 Å². The number of carbonyl (C=O) groups excluding carboxylic acids is 3. The zero-order valence-electron chi connectivity index (χ0n) is 26.3. The van der Waals surface area contributed by atoms with E-state index >= 15 is 0 Å². The second kappa shape index (κ2) is 12.9. The Kier molecular flexibility index (Phi) is 9.64. The van der Waals surface area contributed by atoms with Gasteiger partial charge in [0.25, 0.3) is 5.91 Å². The van der Waals surface area contributed by atoms with Crippen molar-refractivity contribution in [2.45, 2.75) is 66.1 Å². The number of amides is 3. The fraction of sp³-hybridized carbons (Fsp3) is 0.485. The van der Waals surface area contributed by atoms with E-state index in [1.54, 1.807) is 21.9 Å². The number of nitrogens with zero attached hydrogens (tertiary/aromatic N) is 3. The Bertz CT molecular complexity index is 1400. The zero-order chi connectivity index (χ0) is 31.5. The molecule has 0 spiro atoms. The molecule has 232 valence electrons. The molecule has 2 aliphatic heterocycles. The standard InChI is InChI=1S/C33H43ClN4O5/c1-22-20-25(9-11-28(22)36-16-18-38(19-17-36)31(41)43-33(5,6)7)35-29(39)26-10-8-24(21-27(26)34)23-12-14-37(15-13-23)30(40)42-32(2,3)4/h8-12,20-21H,13-19H2,1-7H3,(H,35,39). The third-order valence-electron chi connectivity index (χ3n) is 7.17. The van der Waals surface area contributed by atoms with Gasteiger partial charge in [0.05, 0.1) is 10.6 Å². The highest BCUT2D eigenvalue weighted by Crippen LogP contribution is 2.29.